The third kappa shape index (κ3) is 6.01. The van der Waals surface area contributed by atoms with Crippen molar-refractivity contribution in [2.24, 2.45) is 5.92 Å². The molecule has 0 aliphatic rings. The molecule has 0 radical (unpaired) electrons. The molecule has 33 heavy (non-hydrogen) atoms. The van der Waals surface area contributed by atoms with Crippen molar-refractivity contribution in [3.05, 3.63) is 96.7 Å². The maximum absolute atomic E-state index is 12.4. The molecule has 0 aliphatic heterocycles. The van der Waals surface area contributed by atoms with Gasteiger partial charge in [0.2, 0.25) is 0 Å². The molecule has 0 saturated heterocycles. The number of anilines is 1. The Bertz CT molecular complexity index is 1170. The molecular formula is C27H27N3O3. The molecular weight excluding hydrogens is 414 g/mol. The molecule has 0 fully saturated rings. The minimum absolute atomic E-state index is 0.0957. The highest BCUT2D eigenvalue weighted by molar-refractivity contribution is 5.84. The molecule has 1 N–H and O–H groups in total. The molecule has 1 amide bonds. The van der Waals surface area contributed by atoms with Crippen LogP contribution in [0.4, 0.5) is 10.5 Å². The largest absolute Gasteiger partial charge is 0.493 e. The zero-order valence-electron chi connectivity index (χ0n) is 18.8. The Morgan fingerprint density at radius 1 is 0.939 bits per heavy atom. The van der Waals surface area contributed by atoms with Crippen LogP contribution in [0.15, 0.2) is 91.1 Å². The summed E-state index contributed by atoms with van der Waals surface area (Å²) < 4.78 is 13.0. The van der Waals surface area contributed by atoms with Gasteiger partial charge in [0.05, 0.1) is 18.0 Å². The summed E-state index contributed by atoms with van der Waals surface area (Å²) in [7, 11) is 0. The molecule has 1 aromatic heterocycles. The molecule has 6 heteroatoms. The average Bonchev–Trinajstić information content (AvgIpc) is 3.28. The van der Waals surface area contributed by atoms with E-state index in [-0.39, 0.29) is 6.61 Å². The van der Waals surface area contributed by atoms with Crippen molar-refractivity contribution < 1.29 is 14.3 Å². The van der Waals surface area contributed by atoms with Gasteiger partial charge < -0.3 is 9.47 Å². The van der Waals surface area contributed by atoms with E-state index in [4.69, 9.17) is 14.6 Å². The Morgan fingerprint density at radius 3 is 2.27 bits per heavy atom. The number of para-hydroxylation sites is 1. The van der Waals surface area contributed by atoms with Crippen LogP contribution in [-0.4, -0.2) is 22.5 Å². The van der Waals surface area contributed by atoms with Gasteiger partial charge >= 0.3 is 6.09 Å². The van der Waals surface area contributed by atoms with Crippen LogP contribution in [0.2, 0.25) is 0 Å². The zero-order chi connectivity index (χ0) is 23.0. The summed E-state index contributed by atoms with van der Waals surface area (Å²) >= 11 is 0. The first-order valence-corrected chi connectivity index (χ1v) is 10.9. The van der Waals surface area contributed by atoms with Crippen LogP contribution in [-0.2, 0) is 11.3 Å². The van der Waals surface area contributed by atoms with Crippen molar-refractivity contribution in [3.8, 4) is 22.7 Å². The summed E-state index contributed by atoms with van der Waals surface area (Å²) in [6, 6.07) is 26.9. The topological polar surface area (TPSA) is 65.4 Å². The molecule has 0 spiro atoms. The third-order valence-corrected chi connectivity index (χ3v) is 4.90. The average molecular weight is 442 g/mol. The molecule has 168 valence electrons. The van der Waals surface area contributed by atoms with E-state index in [9.17, 15) is 4.79 Å². The lowest BCUT2D eigenvalue weighted by molar-refractivity contribution is 0.155. The summed E-state index contributed by atoms with van der Waals surface area (Å²) in [5.74, 6) is 1.22. The number of nitrogens with one attached hydrogen (secondary N) is 1. The van der Waals surface area contributed by atoms with E-state index in [1.165, 1.54) is 0 Å². The van der Waals surface area contributed by atoms with Crippen molar-refractivity contribution in [3.63, 3.8) is 0 Å². The number of hydrogen-bond acceptors (Lipinski definition) is 4. The van der Waals surface area contributed by atoms with E-state index in [0.717, 1.165) is 28.3 Å². The van der Waals surface area contributed by atoms with E-state index >= 15 is 0 Å². The standard InChI is InChI=1S/C27H27N3O3/c1-20(2)18-32-25-15-13-23(14-16-25)28-27(31)33-19-22-17-30(24-11-7-4-8-12-24)29-26(22)21-9-5-3-6-10-21/h3-17,20H,18-19H2,1-2H3,(H,28,31). The van der Waals surface area contributed by atoms with Gasteiger partial charge in [0.25, 0.3) is 0 Å². The fourth-order valence-electron chi connectivity index (χ4n) is 3.26. The number of rotatable bonds is 8. The number of benzene rings is 3. The maximum atomic E-state index is 12.4. The fraction of sp³-hybridized carbons (Fsp3) is 0.185. The summed E-state index contributed by atoms with van der Waals surface area (Å²) in [5.41, 5.74) is 4.13. The lowest BCUT2D eigenvalue weighted by Gasteiger charge is -2.10. The van der Waals surface area contributed by atoms with Crippen molar-refractivity contribution in [1.82, 2.24) is 9.78 Å². The number of ether oxygens (including phenoxy) is 2. The van der Waals surface area contributed by atoms with Gasteiger partial charge in [0.1, 0.15) is 12.4 Å². The van der Waals surface area contributed by atoms with Crippen LogP contribution >= 0.6 is 0 Å². The molecule has 0 atom stereocenters. The summed E-state index contributed by atoms with van der Waals surface area (Å²) in [4.78, 5) is 12.4. The molecule has 6 nitrogen and oxygen atoms in total. The number of carbonyl (C=O) groups excluding carboxylic acids is 1. The Hall–Kier alpha value is -4.06. The van der Waals surface area contributed by atoms with Gasteiger partial charge in [-0.1, -0.05) is 62.4 Å². The van der Waals surface area contributed by atoms with Crippen molar-refractivity contribution in [1.29, 1.82) is 0 Å². The lowest BCUT2D eigenvalue weighted by Crippen LogP contribution is -2.13. The van der Waals surface area contributed by atoms with Crippen LogP contribution in [0.3, 0.4) is 0 Å². The number of amides is 1. The minimum atomic E-state index is -0.530. The van der Waals surface area contributed by atoms with Gasteiger partial charge in [-0.05, 0) is 42.3 Å². The normalized spacial score (nSPS) is 10.8. The van der Waals surface area contributed by atoms with Gasteiger partial charge in [0.15, 0.2) is 0 Å². The van der Waals surface area contributed by atoms with Crippen LogP contribution < -0.4 is 10.1 Å². The highest BCUT2D eigenvalue weighted by atomic mass is 16.5. The van der Waals surface area contributed by atoms with E-state index in [0.29, 0.717) is 18.2 Å². The Morgan fingerprint density at radius 2 is 1.61 bits per heavy atom. The Balaban J connectivity index is 1.44. The van der Waals surface area contributed by atoms with Crippen molar-refractivity contribution in [2.75, 3.05) is 11.9 Å². The van der Waals surface area contributed by atoms with E-state index in [2.05, 4.69) is 19.2 Å². The van der Waals surface area contributed by atoms with Gasteiger partial charge in [-0.2, -0.15) is 5.10 Å². The molecule has 1 heterocycles. The third-order valence-electron chi connectivity index (χ3n) is 4.90. The number of nitrogens with zero attached hydrogens (tertiary/aromatic N) is 2. The second-order valence-corrected chi connectivity index (χ2v) is 8.08. The van der Waals surface area contributed by atoms with Crippen LogP contribution in [0.1, 0.15) is 19.4 Å². The highest BCUT2D eigenvalue weighted by Gasteiger charge is 2.14. The first-order chi connectivity index (χ1) is 16.1. The molecule has 0 bridgehead atoms. The van der Waals surface area contributed by atoms with Crippen molar-refractivity contribution in [2.45, 2.75) is 20.5 Å². The summed E-state index contributed by atoms with van der Waals surface area (Å²) in [5, 5.41) is 7.50. The molecule has 0 saturated carbocycles. The Labute approximate surface area is 193 Å². The first-order valence-electron chi connectivity index (χ1n) is 10.9. The first kappa shape index (κ1) is 22.1. The summed E-state index contributed by atoms with van der Waals surface area (Å²) in [6.07, 6.45) is 1.36. The zero-order valence-corrected chi connectivity index (χ0v) is 18.8. The quantitative estimate of drug-likeness (QED) is 0.347. The maximum Gasteiger partial charge on any atom is 0.411 e. The van der Waals surface area contributed by atoms with E-state index in [1.54, 1.807) is 16.8 Å². The molecule has 4 rings (SSSR count). The van der Waals surface area contributed by atoms with Gasteiger partial charge in [-0.3, -0.25) is 5.32 Å². The van der Waals surface area contributed by atoms with Crippen LogP contribution in [0, 0.1) is 5.92 Å². The van der Waals surface area contributed by atoms with Crippen LogP contribution in [0.5, 0.6) is 5.75 Å². The molecule has 4 aromatic rings. The SMILES string of the molecule is CC(C)COc1ccc(NC(=O)OCc2cn(-c3ccccc3)nc2-c2ccccc2)cc1. The van der Waals surface area contributed by atoms with Gasteiger partial charge in [0, 0.05) is 23.0 Å². The monoisotopic (exact) mass is 441 g/mol. The second kappa shape index (κ2) is 10.5. The molecule has 0 aliphatic carbocycles. The lowest BCUT2D eigenvalue weighted by atomic mass is 10.1. The Kier molecular flexibility index (Phi) is 7.05. The highest BCUT2D eigenvalue weighted by Crippen LogP contribution is 2.24. The smallest absolute Gasteiger partial charge is 0.411 e. The van der Waals surface area contributed by atoms with E-state index in [1.807, 2.05) is 79.0 Å². The predicted molar refractivity (Wildman–Crippen MR) is 130 cm³/mol. The minimum Gasteiger partial charge on any atom is -0.493 e. The van der Waals surface area contributed by atoms with Crippen molar-refractivity contribution >= 4 is 11.8 Å². The summed E-state index contributed by atoms with van der Waals surface area (Å²) in [6.45, 7) is 4.94. The molecule has 0 unspecified atom stereocenters. The fourth-order valence-corrected chi connectivity index (χ4v) is 3.26. The number of aromatic nitrogens is 2. The number of carbonyl (C=O) groups is 1. The predicted octanol–water partition coefficient (Wildman–Crippen LogP) is 6.32. The molecule has 3 aromatic carbocycles. The second-order valence-electron chi connectivity index (χ2n) is 8.08. The van der Waals surface area contributed by atoms with Gasteiger partial charge in [-0.25, -0.2) is 9.48 Å². The van der Waals surface area contributed by atoms with Crippen LogP contribution in [0.25, 0.3) is 16.9 Å². The van der Waals surface area contributed by atoms with E-state index < -0.39 is 6.09 Å². The van der Waals surface area contributed by atoms with Gasteiger partial charge in [-0.15, -0.1) is 0 Å². The number of hydrogen-bond donors (Lipinski definition) is 1.